The first-order valence-corrected chi connectivity index (χ1v) is 6.94. The van der Waals surface area contributed by atoms with E-state index in [0.717, 1.165) is 19.4 Å². The lowest BCUT2D eigenvalue weighted by atomic mass is 9.78. The Morgan fingerprint density at radius 2 is 2.21 bits per heavy atom. The van der Waals surface area contributed by atoms with Gasteiger partial charge in [-0.1, -0.05) is 0 Å². The van der Waals surface area contributed by atoms with Crippen LogP contribution in [0.5, 0.6) is 5.75 Å². The van der Waals surface area contributed by atoms with Gasteiger partial charge in [0.2, 0.25) is 0 Å². The Hall–Kier alpha value is -1.36. The average Bonchev–Trinajstić information content (AvgIpc) is 2.79. The van der Waals surface area contributed by atoms with Crippen LogP contribution in [0.15, 0.2) is 6.20 Å². The highest BCUT2D eigenvalue weighted by Gasteiger charge is 2.32. The standard InChI is InChI=1S/C14H22N2O3/c1-4-16-14(13(18-3)9-15-16)12(17)8-10-6-11(7-10)19-5-2/h9-11H,4-8H2,1-3H3. The molecule has 0 aliphatic heterocycles. The van der Waals surface area contributed by atoms with E-state index in [4.69, 9.17) is 9.47 Å². The van der Waals surface area contributed by atoms with Crippen LogP contribution in [0.1, 0.15) is 43.6 Å². The molecule has 1 aromatic heterocycles. The van der Waals surface area contributed by atoms with Crippen molar-refractivity contribution in [3.63, 3.8) is 0 Å². The molecule has 1 heterocycles. The predicted molar refractivity (Wildman–Crippen MR) is 71.5 cm³/mol. The molecule has 1 aliphatic rings. The molecule has 1 aliphatic carbocycles. The number of Topliss-reactive ketones (excluding diaryl/α,β-unsaturated/α-hetero) is 1. The third-order valence-corrected chi connectivity index (χ3v) is 3.66. The molecule has 0 unspecified atom stereocenters. The number of carbonyl (C=O) groups is 1. The van der Waals surface area contributed by atoms with Crippen LogP contribution in [0.4, 0.5) is 0 Å². The minimum absolute atomic E-state index is 0.121. The Labute approximate surface area is 113 Å². The fraction of sp³-hybridized carbons (Fsp3) is 0.714. The Bertz CT molecular complexity index is 414. The van der Waals surface area contributed by atoms with Crippen LogP contribution >= 0.6 is 0 Å². The summed E-state index contributed by atoms with van der Waals surface area (Å²) in [5, 5.41) is 4.17. The van der Waals surface area contributed by atoms with Crippen LogP contribution < -0.4 is 4.74 Å². The van der Waals surface area contributed by atoms with Crippen LogP contribution in [-0.2, 0) is 11.3 Å². The number of rotatable bonds is 7. The fourth-order valence-corrected chi connectivity index (χ4v) is 2.61. The molecule has 0 amide bonds. The van der Waals surface area contributed by atoms with Crippen LogP contribution in [0.2, 0.25) is 0 Å². The molecule has 106 valence electrons. The molecule has 0 N–H and O–H groups in total. The summed E-state index contributed by atoms with van der Waals surface area (Å²) >= 11 is 0. The van der Waals surface area contributed by atoms with E-state index in [2.05, 4.69) is 5.10 Å². The molecule has 1 saturated carbocycles. The lowest BCUT2D eigenvalue weighted by Gasteiger charge is -2.34. The Morgan fingerprint density at radius 1 is 1.47 bits per heavy atom. The van der Waals surface area contributed by atoms with Crippen LogP contribution in [0, 0.1) is 5.92 Å². The van der Waals surface area contributed by atoms with Gasteiger partial charge in [0, 0.05) is 19.6 Å². The highest BCUT2D eigenvalue weighted by atomic mass is 16.5. The number of methoxy groups -OCH3 is 1. The number of ether oxygens (including phenoxy) is 2. The van der Waals surface area contributed by atoms with Gasteiger partial charge in [0.05, 0.1) is 19.4 Å². The van der Waals surface area contributed by atoms with E-state index in [0.29, 0.717) is 36.4 Å². The van der Waals surface area contributed by atoms with E-state index in [-0.39, 0.29) is 5.78 Å². The van der Waals surface area contributed by atoms with Gasteiger partial charge >= 0.3 is 0 Å². The first-order valence-electron chi connectivity index (χ1n) is 6.94. The highest BCUT2D eigenvalue weighted by molar-refractivity contribution is 5.97. The van der Waals surface area contributed by atoms with E-state index < -0.39 is 0 Å². The van der Waals surface area contributed by atoms with Gasteiger partial charge in [-0.25, -0.2) is 0 Å². The molecule has 0 saturated heterocycles. The van der Waals surface area contributed by atoms with Gasteiger partial charge in [-0.3, -0.25) is 9.48 Å². The zero-order valence-electron chi connectivity index (χ0n) is 11.9. The second-order valence-electron chi connectivity index (χ2n) is 4.92. The maximum Gasteiger partial charge on any atom is 0.184 e. The Morgan fingerprint density at radius 3 is 2.79 bits per heavy atom. The summed E-state index contributed by atoms with van der Waals surface area (Å²) in [6, 6.07) is 0. The molecule has 0 radical (unpaired) electrons. The van der Waals surface area contributed by atoms with E-state index in [1.807, 2.05) is 13.8 Å². The third kappa shape index (κ3) is 2.97. The van der Waals surface area contributed by atoms with E-state index in [1.54, 1.807) is 18.0 Å². The van der Waals surface area contributed by atoms with Crippen molar-refractivity contribution >= 4 is 5.78 Å². The number of aromatic nitrogens is 2. The van der Waals surface area contributed by atoms with E-state index in [1.165, 1.54) is 0 Å². The summed E-state index contributed by atoms with van der Waals surface area (Å²) < 4.78 is 12.4. The van der Waals surface area contributed by atoms with Crippen molar-refractivity contribution in [1.29, 1.82) is 0 Å². The molecule has 1 fully saturated rings. The number of hydrogen-bond donors (Lipinski definition) is 0. The predicted octanol–water partition coefficient (Wildman–Crippen LogP) is 2.30. The molecule has 1 aromatic rings. The summed E-state index contributed by atoms with van der Waals surface area (Å²) in [6.07, 6.45) is 4.50. The van der Waals surface area contributed by atoms with Crippen LogP contribution in [0.25, 0.3) is 0 Å². The molecular weight excluding hydrogens is 244 g/mol. The van der Waals surface area contributed by atoms with Crippen molar-refractivity contribution < 1.29 is 14.3 Å². The monoisotopic (exact) mass is 266 g/mol. The van der Waals surface area contributed by atoms with Crippen molar-refractivity contribution in [1.82, 2.24) is 9.78 Å². The van der Waals surface area contributed by atoms with E-state index >= 15 is 0 Å². The zero-order valence-corrected chi connectivity index (χ0v) is 11.9. The molecule has 0 atom stereocenters. The number of hydrogen-bond acceptors (Lipinski definition) is 4. The van der Waals surface area contributed by atoms with Crippen molar-refractivity contribution in [2.75, 3.05) is 13.7 Å². The first kappa shape index (κ1) is 14.1. The summed E-state index contributed by atoms with van der Waals surface area (Å²) in [6.45, 7) is 5.40. The quantitative estimate of drug-likeness (QED) is 0.711. The third-order valence-electron chi connectivity index (χ3n) is 3.66. The summed E-state index contributed by atoms with van der Waals surface area (Å²) in [4.78, 5) is 12.4. The second kappa shape index (κ2) is 6.19. The van der Waals surface area contributed by atoms with E-state index in [9.17, 15) is 4.79 Å². The lowest BCUT2D eigenvalue weighted by Crippen LogP contribution is -2.33. The number of nitrogens with zero attached hydrogens (tertiary/aromatic N) is 2. The molecule has 19 heavy (non-hydrogen) atoms. The minimum atomic E-state index is 0.121. The molecule has 0 bridgehead atoms. The number of aryl methyl sites for hydroxylation is 1. The van der Waals surface area contributed by atoms with Crippen molar-refractivity contribution in [2.24, 2.45) is 5.92 Å². The van der Waals surface area contributed by atoms with Gasteiger partial charge in [0.1, 0.15) is 5.69 Å². The molecular formula is C14H22N2O3. The van der Waals surface area contributed by atoms with Crippen molar-refractivity contribution in [3.05, 3.63) is 11.9 Å². The molecule has 2 rings (SSSR count). The highest BCUT2D eigenvalue weighted by Crippen LogP contribution is 2.34. The van der Waals surface area contributed by atoms with Gasteiger partial charge in [-0.2, -0.15) is 5.10 Å². The van der Waals surface area contributed by atoms with Gasteiger partial charge in [-0.15, -0.1) is 0 Å². The minimum Gasteiger partial charge on any atom is -0.493 e. The van der Waals surface area contributed by atoms with Crippen molar-refractivity contribution in [2.45, 2.75) is 45.8 Å². The Balaban J connectivity index is 1.95. The SMILES string of the molecule is CCOC1CC(CC(=O)c2c(OC)cnn2CC)C1. The topological polar surface area (TPSA) is 53.4 Å². The largest absolute Gasteiger partial charge is 0.493 e. The molecule has 5 heteroatoms. The van der Waals surface area contributed by atoms with Crippen LogP contribution in [0.3, 0.4) is 0 Å². The summed E-state index contributed by atoms with van der Waals surface area (Å²) in [5.41, 5.74) is 0.602. The second-order valence-corrected chi connectivity index (χ2v) is 4.92. The maximum atomic E-state index is 12.4. The molecule has 0 aromatic carbocycles. The van der Waals surface area contributed by atoms with Gasteiger partial charge in [0.15, 0.2) is 11.5 Å². The smallest absolute Gasteiger partial charge is 0.184 e. The van der Waals surface area contributed by atoms with Gasteiger partial charge < -0.3 is 9.47 Å². The van der Waals surface area contributed by atoms with Gasteiger partial charge in [-0.05, 0) is 32.6 Å². The summed E-state index contributed by atoms with van der Waals surface area (Å²) in [5.74, 6) is 1.14. The maximum absolute atomic E-state index is 12.4. The van der Waals surface area contributed by atoms with Gasteiger partial charge in [0.25, 0.3) is 0 Å². The van der Waals surface area contributed by atoms with Crippen LogP contribution in [-0.4, -0.2) is 35.4 Å². The molecule has 5 nitrogen and oxygen atoms in total. The lowest BCUT2D eigenvalue weighted by molar-refractivity contribution is -0.0246. The average molecular weight is 266 g/mol. The zero-order chi connectivity index (χ0) is 13.8. The number of carbonyl (C=O) groups excluding carboxylic acids is 1. The summed E-state index contributed by atoms with van der Waals surface area (Å²) in [7, 11) is 1.57. The number of ketones is 1. The normalized spacial score (nSPS) is 22.1. The first-order chi connectivity index (χ1) is 9.19. The molecule has 0 spiro atoms. The fourth-order valence-electron chi connectivity index (χ4n) is 2.61. The Kier molecular flexibility index (Phi) is 4.58. The van der Waals surface area contributed by atoms with Crippen molar-refractivity contribution in [3.8, 4) is 5.75 Å².